The molecule has 1 saturated heterocycles. The average Bonchev–Trinajstić information content (AvgIpc) is 2.91. The van der Waals surface area contributed by atoms with E-state index in [4.69, 9.17) is 4.74 Å². The SMILES string of the molecule is Cc1ccc(CC(=O)Nc2nc(N3CCOCC3)n(C)n2)cn1. The molecule has 8 heteroatoms. The van der Waals surface area contributed by atoms with Crippen molar-refractivity contribution in [3.05, 3.63) is 29.6 Å². The molecule has 0 bridgehead atoms. The van der Waals surface area contributed by atoms with Crippen molar-refractivity contribution in [2.24, 2.45) is 7.05 Å². The second-order valence-corrected chi connectivity index (χ2v) is 5.49. The van der Waals surface area contributed by atoms with E-state index in [1.807, 2.05) is 26.1 Å². The normalized spacial score (nSPS) is 14.8. The third kappa shape index (κ3) is 3.84. The summed E-state index contributed by atoms with van der Waals surface area (Å²) in [5.41, 5.74) is 1.79. The molecule has 1 fully saturated rings. The Morgan fingerprint density at radius 3 is 2.83 bits per heavy atom. The summed E-state index contributed by atoms with van der Waals surface area (Å²) >= 11 is 0. The van der Waals surface area contributed by atoms with Gasteiger partial charge in [-0.25, -0.2) is 4.68 Å². The molecule has 1 N–H and O–H groups in total. The highest BCUT2D eigenvalue weighted by Gasteiger charge is 2.18. The summed E-state index contributed by atoms with van der Waals surface area (Å²) in [5.74, 6) is 0.898. The van der Waals surface area contributed by atoms with Crippen molar-refractivity contribution < 1.29 is 9.53 Å². The summed E-state index contributed by atoms with van der Waals surface area (Å²) in [6, 6.07) is 3.78. The summed E-state index contributed by atoms with van der Waals surface area (Å²) in [6.45, 7) is 4.81. The van der Waals surface area contributed by atoms with Gasteiger partial charge in [0.25, 0.3) is 5.95 Å². The number of pyridine rings is 1. The molecule has 0 aromatic carbocycles. The fourth-order valence-corrected chi connectivity index (χ4v) is 2.43. The van der Waals surface area contributed by atoms with Gasteiger partial charge in [0.2, 0.25) is 11.9 Å². The number of amides is 1. The molecule has 1 aliphatic rings. The Morgan fingerprint density at radius 2 is 2.13 bits per heavy atom. The Bertz CT molecular complexity index is 676. The van der Waals surface area contributed by atoms with Crippen LogP contribution >= 0.6 is 0 Å². The molecule has 2 aromatic rings. The first kappa shape index (κ1) is 15.4. The van der Waals surface area contributed by atoms with Gasteiger partial charge in [-0.15, -0.1) is 5.10 Å². The van der Waals surface area contributed by atoms with Crippen molar-refractivity contribution in [3.8, 4) is 0 Å². The molecular weight excluding hydrogens is 296 g/mol. The molecule has 8 nitrogen and oxygen atoms in total. The minimum absolute atomic E-state index is 0.158. The highest BCUT2D eigenvalue weighted by molar-refractivity contribution is 5.90. The molecule has 2 aromatic heterocycles. The molecule has 0 spiro atoms. The minimum Gasteiger partial charge on any atom is -0.378 e. The predicted octanol–water partition coefficient (Wildman–Crippen LogP) is 0.536. The van der Waals surface area contributed by atoms with Crippen LogP contribution in [0.15, 0.2) is 18.3 Å². The first-order valence-corrected chi connectivity index (χ1v) is 7.57. The number of morpholine rings is 1. The summed E-state index contributed by atoms with van der Waals surface area (Å²) in [4.78, 5) is 22.8. The highest BCUT2D eigenvalue weighted by atomic mass is 16.5. The van der Waals surface area contributed by atoms with E-state index >= 15 is 0 Å². The van der Waals surface area contributed by atoms with Crippen LogP contribution in [0, 0.1) is 6.92 Å². The van der Waals surface area contributed by atoms with Gasteiger partial charge in [-0.05, 0) is 18.6 Å². The van der Waals surface area contributed by atoms with Crippen molar-refractivity contribution in [2.45, 2.75) is 13.3 Å². The van der Waals surface area contributed by atoms with Gasteiger partial charge in [0.1, 0.15) is 0 Å². The number of nitrogens with one attached hydrogen (secondary N) is 1. The molecule has 3 heterocycles. The Balaban J connectivity index is 1.63. The minimum atomic E-state index is -0.158. The number of hydrogen-bond donors (Lipinski definition) is 1. The Kier molecular flexibility index (Phi) is 4.52. The van der Waals surface area contributed by atoms with Crippen molar-refractivity contribution in [1.29, 1.82) is 0 Å². The third-order valence-corrected chi connectivity index (χ3v) is 3.62. The zero-order chi connectivity index (χ0) is 16.2. The Labute approximate surface area is 134 Å². The standard InChI is InChI=1S/C15H20N6O2/c1-11-3-4-12(10-16-11)9-13(22)17-14-18-15(20(2)19-14)21-5-7-23-8-6-21/h3-4,10H,5-9H2,1-2H3,(H,17,19,22). The van der Waals surface area contributed by atoms with Gasteiger partial charge < -0.3 is 9.64 Å². The van der Waals surface area contributed by atoms with Crippen LogP contribution in [0.25, 0.3) is 0 Å². The molecule has 122 valence electrons. The first-order chi connectivity index (χ1) is 11.1. The lowest BCUT2D eigenvalue weighted by atomic mass is 10.2. The maximum atomic E-state index is 12.1. The molecule has 0 unspecified atom stereocenters. The van der Waals surface area contributed by atoms with Crippen LogP contribution in [-0.2, 0) is 23.0 Å². The lowest BCUT2D eigenvalue weighted by Crippen LogP contribution is -2.37. The summed E-state index contributed by atoms with van der Waals surface area (Å²) in [7, 11) is 1.82. The molecule has 0 radical (unpaired) electrons. The molecule has 0 atom stereocenters. The molecule has 0 aliphatic carbocycles. The van der Waals surface area contributed by atoms with Crippen molar-refractivity contribution in [3.63, 3.8) is 0 Å². The maximum absolute atomic E-state index is 12.1. The van der Waals surface area contributed by atoms with Gasteiger partial charge in [0.15, 0.2) is 0 Å². The van der Waals surface area contributed by atoms with Gasteiger partial charge in [0, 0.05) is 32.0 Å². The quantitative estimate of drug-likeness (QED) is 0.886. The Morgan fingerprint density at radius 1 is 1.35 bits per heavy atom. The van der Waals surface area contributed by atoms with Gasteiger partial charge in [-0.3, -0.25) is 15.1 Å². The molecule has 1 amide bonds. The van der Waals surface area contributed by atoms with Crippen molar-refractivity contribution in [2.75, 3.05) is 36.5 Å². The molecule has 0 saturated carbocycles. The summed E-state index contributed by atoms with van der Waals surface area (Å²) < 4.78 is 7.01. The van der Waals surface area contributed by atoms with Crippen molar-refractivity contribution >= 4 is 17.8 Å². The van der Waals surface area contributed by atoms with E-state index < -0.39 is 0 Å². The molecule has 3 rings (SSSR count). The smallest absolute Gasteiger partial charge is 0.250 e. The number of rotatable bonds is 4. The maximum Gasteiger partial charge on any atom is 0.250 e. The molecule has 23 heavy (non-hydrogen) atoms. The van der Waals surface area contributed by atoms with Crippen LogP contribution in [0.2, 0.25) is 0 Å². The van der Waals surface area contributed by atoms with E-state index in [1.165, 1.54) is 0 Å². The number of carbonyl (C=O) groups excluding carboxylic acids is 1. The number of aromatic nitrogens is 4. The number of anilines is 2. The zero-order valence-corrected chi connectivity index (χ0v) is 13.3. The van der Waals surface area contributed by atoms with Crippen LogP contribution in [0.3, 0.4) is 0 Å². The fourth-order valence-electron chi connectivity index (χ4n) is 2.43. The van der Waals surface area contributed by atoms with E-state index in [9.17, 15) is 4.79 Å². The number of hydrogen-bond acceptors (Lipinski definition) is 6. The lowest BCUT2D eigenvalue weighted by Gasteiger charge is -2.26. The second-order valence-electron chi connectivity index (χ2n) is 5.49. The van der Waals surface area contributed by atoms with Crippen molar-refractivity contribution in [1.82, 2.24) is 19.7 Å². The van der Waals surface area contributed by atoms with Crippen LogP contribution in [-0.4, -0.2) is 52.0 Å². The van der Waals surface area contributed by atoms with Gasteiger partial charge in [0.05, 0.1) is 19.6 Å². The van der Waals surface area contributed by atoms with Crippen LogP contribution in [0.5, 0.6) is 0 Å². The number of ether oxygens (including phenoxy) is 1. The summed E-state index contributed by atoms with van der Waals surface area (Å²) in [6.07, 6.45) is 1.96. The van der Waals surface area contributed by atoms with Crippen LogP contribution < -0.4 is 10.2 Å². The number of nitrogens with zero attached hydrogens (tertiary/aromatic N) is 5. The molecular formula is C15H20N6O2. The predicted molar refractivity (Wildman–Crippen MR) is 85.3 cm³/mol. The molecule has 1 aliphatic heterocycles. The highest BCUT2D eigenvalue weighted by Crippen LogP contribution is 2.14. The van der Waals surface area contributed by atoms with Crippen LogP contribution in [0.1, 0.15) is 11.3 Å². The van der Waals surface area contributed by atoms with Crippen LogP contribution in [0.4, 0.5) is 11.9 Å². The fraction of sp³-hybridized carbons (Fsp3) is 0.467. The topological polar surface area (TPSA) is 85.2 Å². The van der Waals surface area contributed by atoms with E-state index in [0.29, 0.717) is 19.2 Å². The Hall–Kier alpha value is -2.48. The van der Waals surface area contributed by atoms with Gasteiger partial charge in [-0.1, -0.05) is 6.07 Å². The average molecular weight is 316 g/mol. The zero-order valence-electron chi connectivity index (χ0n) is 13.3. The van der Waals surface area contributed by atoms with E-state index in [0.717, 1.165) is 30.3 Å². The summed E-state index contributed by atoms with van der Waals surface area (Å²) in [5, 5.41) is 6.99. The van der Waals surface area contributed by atoms with E-state index in [1.54, 1.807) is 10.9 Å². The van der Waals surface area contributed by atoms with E-state index in [2.05, 4.69) is 25.3 Å². The van der Waals surface area contributed by atoms with E-state index in [-0.39, 0.29) is 12.3 Å². The number of aryl methyl sites for hydroxylation is 2. The largest absolute Gasteiger partial charge is 0.378 e. The van der Waals surface area contributed by atoms with Gasteiger partial charge >= 0.3 is 0 Å². The second kappa shape index (κ2) is 6.74. The monoisotopic (exact) mass is 316 g/mol. The van der Waals surface area contributed by atoms with Gasteiger partial charge in [-0.2, -0.15) is 4.98 Å². The first-order valence-electron chi connectivity index (χ1n) is 7.57. The third-order valence-electron chi connectivity index (χ3n) is 3.62. The number of carbonyl (C=O) groups is 1. The lowest BCUT2D eigenvalue weighted by molar-refractivity contribution is -0.115.